The van der Waals surface area contributed by atoms with Gasteiger partial charge in [-0.2, -0.15) is 48.3 Å². The van der Waals surface area contributed by atoms with Crippen molar-refractivity contribution in [3.8, 4) is 0 Å². The molecule has 0 amide bonds. The van der Waals surface area contributed by atoms with E-state index >= 15 is 0 Å². The molecule has 0 spiro atoms. The van der Waals surface area contributed by atoms with Crippen LogP contribution in [0, 0.1) is 0 Å². The Hall–Kier alpha value is -1.07. The number of allylic oxidation sites excluding steroid dienone is 2. The highest BCUT2D eigenvalue weighted by atomic mass is 19.4. The number of alkyl halides is 11. The van der Waals surface area contributed by atoms with Gasteiger partial charge in [0.05, 0.1) is 0 Å². The monoisotopic (exact) mass is 326 g/mol. The van der Waals surface area contributed by atoms with Crippen molar-refractivity contribution < 1.29 is 53.4 Å². The summed E-state index contributed by atoms with van der Waals surface area (Å²) in [5.74, 6) is -19.6. The zero-order valence-electron chi connectivity index (χ0n) is 8.97. The molecule has 12 heteroatoms. The average Bonchev–Trinajstić information content (AvgIpc) is 2.12. The lowest BCUT2D eigenvalue weighted by atomic mass is 10.0. The van der Waals surface area contributed by atoms with Gasteiger partial charge in [0, 0.05) is 12.5 Å². The first-order chi connectivity index (χ1) is 8.46. The Bertz CT molecular complexity index is 362. The molecule has 0 bridgehead atoms. The highest BCUT2D eigenvalue weighted by Gasteiger charge is 2.80. The Morgan fingerprint density at radius 1 is 0.700 bits per heavy atom. The van der Waals surface area contributed by atoms with E-state index in [0.717, 1.165) is 0 Å². The molecule has 1 N–H and O–H groups in total. The van der Waals surface area contributed by atoms with Crippen molar-refractivity contribution in [1.29, 1.82) is 0 Å². The lowest BCUT2D eigenvalue weighted by Gasteiger charge is -2.34. The zero-order chi connectivity index (χ0) is 16.6. The van der Waals surface area contributed by atoms with E-state index < -0.39 is 48.6 Å². The third-order valence-corrected chi connectivity index (χ3v) is 1.91. The largest absolute Gasteiger partial charge is 0.423 e. The molecular formula is C8H5F11O. The summed E-state index contributed by atoms with van der Waals surface area (Å²) in [4.78, 5) is 0. The molecule has 0 aromatic carbocycles. The Labute approximate surface area is 103 Å². The van der Waals surface area contributed by atoms with Crippen molar-refractivity contribution >= 4 is 0 Å². The van der Waals surface area contributed by atoms with Gasteiger partial charge < -0.3 is 5.11 Å². The smallest absolute Gasteiger partial charge is 0.331 e. The first-order valence-electron chi connectivity index (χ1n) is 4.44. The van der Waals surface area contributed by atoms with Crippen molar-refractivity contribution in [2.24, 2.45) is 0 Å². The van der Waals surface area contributed by atoms with E-state index in [1.165, 1.54) is 0 Å². The molecule has 0 aromatic heterocycles. The molecule has 0 atom stereocenters. The van der Waals surface area contributed by atoms with Crippen LogP contribution in [-0.4, -0.2) is 35.2 Å². The Kier molecular flexibility index (Phi) is 4.77. The second-order valence-corrected chi connectivity index (χ2v) is 3.54. The molecule has 0 saturated heterocycles. The molecule has 0 aliphatic carbocycles. The van der Waals surface area contributed by atoms with Gasteiger partial charge in [-0.05, 0) is 0 Å². The molecule has 0 unspecified atom stereocenters. The fraction of sp³-hybridized carbons (Fsp3) is 0.750. The molecule has 0 fully saturated rings. The Morgan fingerprint density at radius 2 is 1.10 bits per heavy atom. The third kappa shape index (κ3) is 3.73. The van der Waals surface area contributed by atoms with Gasteiger partial charge in [0.25, 0.3) is 0 Å². The van der Waals surface area contributed by atoms with Crippen LogP contribution in [-0.2, 0) is 0 Å². The average molecular weight is 326 g/mol. The van der Waals surface area contributed by atoms with Gasteiger partial charge in [-0.3, -0.25) is 0 Å². The summed E-state index contributed by atoms with van der Waals surface area (Å²) in [7, 11) is 0. The minimum atomic E-state index is -6.88. The van der Waals surface area contributed by atoms with Crippen LogP contribution in [0.3, 0.4) is 0 Å². The van der Waals surface area contributed by atoms with Crippen LogP contribution < -0.4 is 0 Å². The first-order valence-corrected chi connectivity index (χ1v) is 4.44. The van der Waals surface area contributed by atoms with Gasteiger partial charge in [-0.25, -0.2) is 0 Å². The summed E-state index contributed by atoms with van der Waals surface area (Å²) in [5, 5.41) is 7.50. The minimum Gasteiger partial charge on any atom is -0.331 e. The molecule has 20 heavy (non-hydrogen) atoms. The van der Waals surface area contributed by atoms with Crippen LogP contribution in [0.5, 0.6) is 0 Å². The van der Waals surface area contributed by atoms with Crippen LogP contribution in [0.25, 0.3) is 0 Å². The highest BCUT2D eigenvalue weighted by molar-refractivity contribution is 5.04. The summed E-state index contributed by atoms with van der Waals surface area (Å²) in [6.07, 6.45) is -15.8. The lowest BCUT2D eigenvalue weighted by molar-refractivity contribution is -0.416. The van der Waals surface area contributed by atoms with Gasteiger partial charge in [0.2, 0.25) is 0 Å². The topological polar surface area (TPSA) is 20.2 Å². The summed E-state index contributed by atoms with van der Waals surface area (Å²) >= 11 is 0. The van der Waals surface area contributed by atoms with E-state index in [9.17, 15) is 48.3 Å². The number of rotatable bonds is 5. The highest BCUT2D eigenvalue weighted by Crippen LogP contribution is 2.52. The van der Waals surface area contributed by atoms with E-state index in [1.807, 2.05) is 0 Å². The van der Waals surface area contributed by atoms with Crippen molar-refractivity contribution in [1.82, 2.24) is 0 Å². The molecule has 1 nitrogen and oxygen atoms in total. The second-order valence-electron chi connectivity index (χ2n) is 3.54. The SMILES string of the molecule is OC(F)(F)C(F)(F)C(F)(F)C(F)(F)CC=CC(F)(F)F. The summed E-state index contributed by atoms with van der Waals surface area (Å²) in [6.45, 7) is 0. The van der Waals surface area contributed by atoms with Gasteiger partial charge in [-0.1, -0.05) is 6.08 Å². The lowest BCUT2D eigenvalue weighted by Crippen LogP contribution is -2.62. The van der Waals surface area contributed by atoms with E-state index in [1.54, 1.807) is 0 Å². The minimum absolute atomic E-state index is 0.625. The van der Waals surface area contributed by atoms with Gasteiger partial charge >= 0.3 is 30.1 Å². The maximum Gasteiger partial charge on any atom is 0.423 e. The standard InChI is InChI=1S/C8H5F11O/c9-4(10,2-1-3-5(11,12)13)6(14,15)7(16,17)8(18,19)20/h1,3,20H,2H2. The molecule has 120 valence electrons. The molecule has 0 heterocycles. The van der Waals surface area contributed by atoms with Crippen molar-refractivity contribution in [2.45, 2.75) is 36.5 Å². The van der Waals surface area contributed by atoms with Crippen LogP contribution in [0.15, 0.2) is 12.2 Å². The predicted octanol–water partition coefficient (Wildman–Crippen LogP) is 3.99. The predicted molar refractivity (Wildman–Crippen MR) is 41.8 cm³/mol. The summed E-state index contributed by atoms with van der Waals surface area (Å²) in [6, 6.07) is 0. The Morgan fingerprint density at radius 3 is 1.40 bits per heavy atom. The molecular weight excluding hydrogens is 321 g/mol. The van der Waals surface area contributed by atoms with Crippen LogP contribution >= 0.6 is 0 Å². The number of hydrogen-bond donors (Lipinski definition) is 1. The van der Waals surface area contributed by atoms with E-state index in [0.29, 0.717) is 0 Å². The zero-order valence-corrected chi connectivity index (χ0v) is 8.97. The molecule has 0 rings (SSSR count). The van der Waals surface area contributed by atoms with Gasteiger partial charge in [0.15, 0.2) is 0 Å². The second kappa shape index (κ2) is 5.04. The normalized spacial score (nSPS) is 16.0. The molecule has 0 aliphatic heterocycles. The molecule has 0 aliphatic rings. The quantitative estimate of drug-likeness (QED) is 0.598. The van der Waals surface area contributed by atoms with Crippen molar-refractivity contribution in [3.05, 3.63) is 12.2 Å². The number of aliphatic hydroxyl groups is 1. The molecule has 0 radical (unpaired) electrons. The number of hydrogen-bond acceptors (Lipinski definition) is 1. The molecule has 0 aromatic rings. The number of halogens is 11. The maximum absolute atomic E-state index is 12.7. The van der Waals surface area contributed by atoms with Gasteiger partial charge in [0.1, 0.15) is 0 Å². The fourth-order valence-corrected chi connectivity index (χ4v) is 0.887. The third-order valence-electron chi connectivity index (χ3n) is 1.91. The van der Waals surface area contributed by atoms with Crippen LogP contribution in [0.4, 0.5) is 48.3 Å². The summed E-state index contributed by atoms with van der Waals surface area (Å²) in [5.41, 5.74) is 0. The fourth-order valence-electron chi connectivity index (χ4n) is 0.887. The van der Waals surface area contributed by atoms with Crippen molar-refractivity contribution in [3.63, 3.8) is 0 Å². The summed E-state index contributed by atoms with van der Waals surface area (Å²) < 4.78 is 134. The van der Waals surface area contributed by atoms with E-state index in [4.69, 9.17) is 5.11 Å². The first kappa shape index (κ1) is 18.9. The van der Waals surface area contributed by atoms with Crippen LogP contribution in [0.2, 0.25) is 0 Å². The maximum atomic E-state index is 12.7. The van der Waals surface area contributed by atoms with Crippen LogP contribution in [0.1, 0.15) is 6.42 Å². The van der Waals surface area contributed by atoms with E-state index in [2.05, 4.69) is 0 Å². The van der Waals surface area contributed by atoms with E-state index in [-0.39, 0.29) is 0 Å². The Balaban J connectivity index is 5.33. The molecule has 0 saturated carbocycles. The van der Waals surface area contributed by atoms with Crippen molar-refractivity contribution in [2.75, 3.05) is 0 Å². The van der Waals surface area contributed by atoms with Gasteiger partial charge in [-0.15, -0.1) is 0 Å².